The number of cyclic esters (lactones) is 1. The predicted octanol–water partition coefficient (Wildman–Crippen LogP) is 4.40. The molecule has 0 bridgehead atoms. The zero-order valence-electron chi connectivity index (χ0n) is 21.7. The molecule has 2 fully saturated rings. The Morgan fingerprint density at radius 2 is 1.72 bits per heavy atom. The smallest absolute Gasteiger partial charge is 0.566 e. The molecule has 1 unspecified atom stereocenters. The van der Waals surface area contributed by atoms with E-state index < -0.39 is 0 Å². The van der Waals surface area contributed by atoms with Crippen LogP contribution in [0.25, 0.3) is 0 Å². The largest absolute Gasteiger partial charge is 2.00 e. The van der Waals surface area contributed by atoms with Crippen LogP contribution in [0.4, 0.5) is 0 Å². The molecule has 0 spiro atoms. The average molecular weight is 624 g/mol. The third-order valence-corrected chi connectivity index (χ3v) is 5.36. The van der Waals surface area contributed by atoms with Crippen LogP contribution in [-0.2, 0) is 44.9 Å². The van der Waals surface area contributed by atoms with Crippen LogP contribution >= 0.6 is 0 Å². The molecule has 0 aromatic rings. The number of ether oxygens (including phenoxy) is 2. The van der Waals surface area contributed by atoms with Crippen molar-refractivity contribution in [2.45, 2.75) is 72.8 Å². The summed E-state index contributed by atoms with van der Waals surface area (Å²) in [5, 5.41) is 7.44. The predicted molar refractivity (Wildman–Crippen MR) is 122 cm³/mol. The van der Waals surface area contributed by atoms with Crippen molar-refractivity contribution in [3.8, 4) is 0 Å². The van der Waals surface area contributed by atoms with E-state index >= 15 is 0 Å². The SMILES string of the molecule is C=C1CC(CC)OC1=O.CC1=C(C)C(=O)N(C)C1=O.COCC1(C)CCC1.C[CH-]O.[2H][CH2-].[W+2]. The standard InChI is InChI=1S/C7H9NO2.C7H10O2.C7H14O.C2H5O.CH3.W/c1-4-5(2)7(10)8(3)6(4)9;1-3-6-4-5(2)7(8)9-6;1-7(6-8-2)4-3-5-7;1-2-3;;/h1-3H3;6H,2-4H2,1H3;3-6H2,1-2H3;2-3H,1H3;1H3;/q;;;2*-1;+2/i;;;;1D;. The number of likely N-dealkylation sites (N-methyl/N-ethyl adjacent to an activating group) is 1. The fourth-order valence-corrected chi connectivity index (χ4v) is 3.05. The molecule has 0 aromatic heterocycles. The Bertz CT molecular complexity index is 621. The van der Waals surface area contributed by atoms with Gasteiger partial charge in [-0.1, -0.05) is 26.8 Å². The molecule has 2 amide bonds. The van der Waals surface area contributed by atoms with Crippen molar-refractivity contribution in [2.75, 3.05) is 20.8 Å². The first-order chi connectivity index (χ1) is 15.0. The maximum atomic E-state index is 11.0. The second-order valence-electron chi connectivity index (χ2n) is 8.02. The summed E-state index contributed by atoms with van der Waals surface area (Å²) in [6.45, 7) is 14.7. The van der Waals surface area contributed by atoms with E-state index in [9.17, 15) is 14.4 Å². The molecule has 2 aliphatic heterocycles. The summed E-state index contributed by atoms with van der Waals surface area (Å²) in [6.07, 6.45) is 5.84. The normalized spacial score (nSPS) is 20.5. The van der Waals surface area contributed by atoms with E-state index in [0.29, 0.717) is 22.1 Å². The van der Waals surface area contributed by atoms with Gasteiger partial charge in [0.05, 0.1) is 6.61 Å². The third kappa shape index (κ3) is 11.0. The van der Waals surface area contributed by atoms with Gasteiger partial charge in [-0.3, -0.25) is 14.5 Å². The fourth-order valence-electron chi connectivity index (χ4n) is 3.05. The number of hydrogen-bond acceptors (Lipinski definition) is 6. The summed E-state index contributed by atoms with van der Waals surface area (Å²) >= 11 is 0. The quantitative estimate of drug-likeness (QED) is 0.217. The number of aliphatic hydroxyl groups excluding tert-OH is 1. The minimum Gasteiger partial charge on any atom is -0.566 e. The average Bonchev–Trinajstić information content (AvgIpc) is 3.17. The van der Waals surface area contributed by atoms with Crippen LogP contribution in [0.15, 0.2) is 23.3 Å². The number of hydrogen-bond donors (Lipinski definition) is 1. The van der Waals surface area contributed by atoms with Crippen LogP contribution in [0.3, 0.4) is 0 Å². The molecule has 184 valence electrons. The molecule has 7 nitrogen and oxygen atoms in total. The summed E-state index contributed by atoms with van der Waals surface area (Å²) in [6, 6.07) is 0. The number of nitrogens with zero attached hydrogens (tertiary/aromatic N) is 1. The second kappa shape index (κ2) is 17.2. The first kappa shape index (κ1) is 32.9. The van der Waals surface area contributed by atoms with Crippen LogP contribution in [0.1, 0.15) is 68.1 Å². The minimum atomic E-state index is -0.221. The molecular formula is C24H41NO6W. The number of rotatable bonds is 3. The molecule has 8 heteroatoms. The Hall–Kier alpha value is -1.30. The molecule has 1 saturated carbocycles. The third-order valence-electron chi connectivity index (χ3n) is 5.36. The summed E-state index contributed by atoms with van der Waals surface area (Å²) in [7, 11) is 5.77. The van der Waals surface area contributed by atoms with Gasteiger partial charge in [0.15, 0.2) is 0 Å². The Labute approximate surface area is 210 Å². The molecule has 1 atom stereocenters. The van der Waals surface area contributed by atoms with Crippen molar-refractivity contribution in [1.29, 1.82) is 0 Å². The molecule has 2 heterocycles. The number of imide groups is 1. The van der Waals surface area contributed by atoms with E-state index in [1.807, 2.05) is 6.92 Å². The first-order valence-electron chi connectivity index (χ1n) is 11.0. The minimum absolute atomic E-state index is 0. The maximum Gasteiger partial charge on any atom is 2.00 e. The van der Waals surface area contributed by atoms with Crippen LogP contribution in [0.2, 0.25) is 0 Å². The van der Waals surface area contributed by atoms with Gasteiger partial charge in [0.2, 0.25) is 0 Å². The molecule has 32 heavy (non-hydrogen) atoms. The van der Waals surface area contributed by atoms with Crippen LogP contribution in [-0.4, -0.2) is 54.7 Å². The summed E-state index contributed by atoms with van der Waals surface area (Å²) < 4.78 is 15.4. The molecule has 1 aliphatic carbocycles. The molecule has 3 aliphatic rings. The molecule has 0 radical (unpaired) electrons. The number of esters is 1. The molecule has 1 saturated heterocycles. The van der Waals surface area contributed by atoms with E-state index in [0.717, 1.165) is 31.0 Å². The maximum absolute atomic E-state index is 11.0. The molecule has 0 aromatic carbocycles. The van der Waals surface area contributed by atoms with E-state index in [2.05, 4.69) is 20.9 Å². The van der Waals surface area contributed by atoms with E-state index in [1.54, 1.807) is 27.9 Å². The zero-order valence-corrected chi connectivity index (χ0v) is 23.6. The van der Waals surface area contributed by atoms with Crippen molar-refractivity contribution in [3.05, 3.63) is 37.3 Å². The van der Waals surface area contributed by atoms with E-state index in [4.69, 9.17) is 16.0 Å². The Morgan fingerprint density at radius 3 is 1.84 bits per heavy atom. The number of carbonyl (C=O) groups is 3. The Kier molecular flexibility index (Phi) is 17.7. The monoisotopic (exact) mass is 624 g/mol. The van der Waals surface area contributed by atoms with Crippen LogP contribution < -0.4 is 0 Å². The Balaban J connectivity index is -0.000000369. The van der Waals surface area contributed by atoms with Gasteiger partial charge in [0.25, 0.3) is 11.8 Å². The topological polar surface area (TPSA) is 93.1 Å². The zero-order chi connectivity index (χ0) is 25.5. The van der Waals surface area contributed by atoms with Gasteiger partial charge in [-0.15, -0.1) is 0 Å². The fraction of sp³-hybridized carbons (Fsp3) is 0.625. The van der Waals surface area contributed by atoms with Gasteiger partial charge in [-0.2, -0.15) is 6.92 Å². The first-order valence-corrected chi connectivity index (χ1v) is 10.3. The number of carbonyl (C=O) groups excluding carboxylic acids is 3. The van der Waals surface area contributed by atoms with Gasteiger partial charge in [-0.05, 0) is 38.5 Å². The number of aliphatic hydroxyl groups is 1. The second-order valence-corrected chi connectivity index (χ2v) is 8.02. The van der Waals surface area contributed by atoms with Gasteiger partial charge < -0.3 is 22.0 Å². The van der Waals surface area contributed by atoms with Crippen molar-refractivity contribution in [1.82, 2.24) is 4.90 Å². The summed E-state index contributed by atoms with van der Waals surface area (Å²) in [4.78, 5) is 33.7. The van der Waals surface area contributed by atoms with Gasteiger partial charge in [0, 0.05) is 37.3 Å². The van der Waals surface area contributed by atoms with Crippen LogP contribution in [0, 0.1) is 19.4 Å². The summed E-state index contributed by atoms with van der Waals surface area (Å²) in [5.41, 5.74) is 2.29. The van der Waals surface area contributed by atoms with Gasteiger partial charge >= 0.3 is 27.0 Å². The summed E-state index contributed by atoms with van der Waals surface area (Å²) in [5.74, 6) is -0.577. The van der Waals surface area contributed by atoms with Crippen molar-refractivity contribution >= 4 is 17.8 Å². The Morgan fingerprint density at radius 1 is 1.28 bits per heavy atom. The molecule has 1 N–H and O–H groups in total. The number of methoxy groups -OCH3 is 1. The van der Waals surface area contributed by atoms with Crippen molar-refractivity contribution in [3.63, 3.8) is 0 Å². The van der Waals surface area contributed by atoms with Gasteiger partial charge in [-0.25, -0.2) is 12.8 Å². The number of amides is 2. The van der Waals surface area contributed by atoms with E-state index in [-0.39, 0.29) is 45.0 Å². The molecule has 3 rings (SSSR count). The molecular weight excluding hydrogens is 582 g/mol. The van der Waals surface area contributed by atoms with E-state index in [1.165, 1.54) is 26.3 Å². The van der Waals surface area contributed by atoms with Crippen molar-refractivity contribution < 1.29 is 51.4 Å². The van der Waals surface area contributed by atoms with Crippen LogP contribution in [0.5, 0.6) is 0 Å². The van der Waals surface area contributed by atoms with Crippen molar-refractivity contribution in [2.24, 2.45) is 5.41 Å². The van der Waals surface area contributed by atoms with Gasteiger partial charge in [0.1, 0.15) is 6.10 Å².